The van der Waals surface area contributed by atoms with E-state index < -0.39 is 16.6 Å². The van der Waals surface area contributed by atoms with Crippen LogP contribution in [0, 0.1) is 11.8 Å². The Kier molecular flexibility index (Phi) is 10.7. The van der Waals surface area contributed by atoms with Gasteiger partial charge in [-0.25, -0.2) is 0 Å². The van der Waals surface area contributed by atoms with Gasteiger partial charge in [0.2, 0.25) is 0 Å². The predicted molar refractivity (Wildman–Crippen MR) is 228 cm³/mol. The van der Waals surface area contributed by atoms with Gasteiger partial charge in [-0.1, -0.05) is 0 Å². The minimum absolute atomic E-state index is 0. The maximum Gasteiger partial charge on any atom is -1.00 e. The zero-order valence-electron chi connectivity index (χ0n) is 32.5. The van der Waals surface area contributed by atoms with Crippen molar-refractivity contribution in [3.63, 3.8) is 0 Å². The van der Waals surface area contributed by atoms with Gasteiger partial charge in [0.25, 0.3) is 0 Å². The van der Waals surface area contributed by atoms with Gasteiger partial charge in [-0.2, -0.15) is 0 Å². The molecule has 6 aromatic carbocycles. The minimum atomic E-state index is -2.72. The van der Waals surface area contributed by atoms with E-state index in [1.165, 1.54) is 124 Å². The summed E-state index contributed by atoms with van der Waals surface area (Å²) >= 11 is -2.72. The number of allylic oxidation sites excluding steroid dienone is 2. The summed E-state index contributed by atoms with van der Waals surface area (Å²) < 4.78 is 4.35. The fraction of sp³-hybridized carbons (Fsp3) is 0.321. The molecule has 2 atom stereocenters. The number of hydrogen-bond donors (Lipinski definition) is 0. The molecule has 2 saturated carbocycles. The molecule has 3 fully saturated rings. The molecule has 1 heterocycles. The first kappa shape index (κ1) is 38.1. The van der Waals surface area contributed by atoms with Gasteiger partial charge in [0, 0.05) is 0 Å². The molecule has 1 aliphatic heterocycles. The standard InChI is InChI=1S/2C25H23.C3H6.2ClH.Ti/c2*1-2-8-18(9-3-1)21-16-20-12-7-15-24(25(20)17-21)23-14-6-11-19-10-4-5-13-22(19)23;1-3-2;;;/h2*4-7,10-18H,1-3,8-9H2;1-3H2;2*1H;/q;;;;;+2/p-2. The summed E-state index contributed by atoms with van der Waals surface area (Å²) in [6, 6.07) is 47.0. The van der Waals surface area contributed by atoms with E-state index in [0.29, 0.717) is 8.45 Å². The van der Waals surface area contributed by atoms with Crippen molar-refractivity contribution < 1.29 is 41.4 Å². The molecule has 4 aliphatic carbocycles. The molecule has 6 aromatic rings. The summed E-state index contributed by atoms with van der Waals surface area (Å²) in [4.78, 5) is 0. The van der Waals surface area contributed by atoms with E-state index in [-0.39, 0.29) is 24.8 Å². The van der Waals surface area contributed by atoms with Crippen LogP contribution in [0.25, 0.3) is 56.0 Å². The van der Waals surface area contributed by atoms with Crippen LogP contribution in [0.15, 0.2) is 132 Å². The van der Waals surface area contributed by atoms with Crippen molar-refractivity contribution in [3.05, 3.63) is 155 Å². The van der Waals surface area contributed by atoms with Crippen molar-refractivity contribution in [2.75, 3.05) is 0 Å². The third kappa shape index (κ3) is 6.13. The molecule has 56 heavy (non-hydrogen) atoms. The summed E-state index contributed by atoms with van der Waals surface area (Å²) in [7, 11) is 0. The molecular formula is C53H52Cl2Ti. The second-order valence-electron chi connectivity index (χ2n) is 17.6. The first-order valence-electron chi connectivity index (χ1n) is 21.4. The maximum atomic E-state index is 2.81. The molecular weight excluding hydrogens is 755 g/mol. The smallest absolute Gasteiger partial charge is 1.00 e. The van der Waals surface area contributed by atoms with E-state index in [2.05, 4.69) is 133 Å². The van der Waals surface area contributed by atoms with Crippen LogP contribution >= 0.6 is 0 Å². The molecule has 11 rings (SSSR count). The fourth-order valence-electron chi connectivity index (χ4n) is 12.4. The van der Waals surface area contributed by atoms with Crippen LogP contribution in [-0.4, -0.2) is 0 Å². The van der Waals surface area contributed by atoms with Crippen molar-refractivity contribution >= 4 is 33.7 Å². The minimum Gasteiger partial charge on any atom is -1.00 e. The molecule has 0 bridgehead atoms. The Hall–Kier alpha value is -3.39. The summed E-state index contributed by atoms with van der Waals surface area (Å²) in [5, 5.41) is 5.47. The van der Waals surface area contributed by atoms with Gasteiger partial charge in [0.15, 0.2) is 0 Å². The quantitative estimate of drug-likeness (QED) is 0.147. The van der Waals surface area contributed by atoms with Gasteiger partial charge in [0.1, 0.15) is 0 Å². The van der Waals surface area contributed by atoms with Gasteiger partial charge in [-0.15, -0.1) is 0 Å². The van der Waals surface area contributed by atoms with E-state index in [1.807, 2.05) is 11.1 Å². The normalized spacial score (nSPS) is 21.1. The Balaban J connectivity index is 0.00000205. The van der Waals surface area contributed by atoms with Crippen molar-refractivity contribution in [3.8, 4) is 22.3 Å². The van der Waals surface area contributed by atoms with Crippen LogP contribution in [0.2, 0.25) is 9.45 Å². The van der Waals surface area contributed by atoms with Crippen LogP contribution in [0.3, 0.4) is 0 Å². The molecule has 1 saturated heterocycles. The van der Waals surface area contributed by atoms with Gasteiger partial charge < -0.3 is 24.8 Å². The SMILES string of the molecule is C1=C(C2CCCCC2)[CH]([Ti+2]2([CH]3C(C4CCCCC4)=Cc4c(-c5cccc6ccccc56)cccc43)[CH2]C[CH2]2)c2cccc(-c3cccc4ccccc34)c21.[Cl-].[Cl-]. The fourth-order valence-corrected chi connectivity index (χ4v) is 22.4. The average molecular weight is 808 g/mol. The molecule has 2 unspecified atom stereocenters. The molecule has 0 nitrogen and oxygen atoms in total. The monoisotopic (exact) mass is 806 g/mol. The third-order valence-electron chi connectivity index (χ3n) is 14.9. The van der Waals surface area contributed by atoms with Crippen molar-refractivity contribution in [2.24, 2.45) is 11.8 Å². The summed E-state index contributed by atoms with van der Waals surface area (Å²) in [6.07, 6.45) is 21.0. The van der Waals surface area contributed by atoms with Crippen molar-refractivity contribution in [1.82, 2.24) is 0 Å². The van der Waals surface area contributed by atoms with E-state index in [9.17, 15) is 0 Å². The number of benzene rings is 6. The zero-order chi connectivity index (χ0) is 35.6. The van der Waals surface area contributed by atoms with E-state index >= 15 is 0 Å². The number of fused-ring (bicyclic) bond motifs is 4. The Morgan fingerprint density at radius 1 is 0.375 bits per heavy atom. The van der Waals surface area contributed by atoms with E-state index in [0.717, 1.165) is 11.8 Å². The van der Waals surface area contributed by atoms with Gasteiger partial charge >= 0.3 is 328 Å². The van der Waals surface area contributed by atoms with Crippen molar-refractivity contribution in [2.45, 2.75) is 88.5 Å². The summed E-state index contributed by atoms with van der Waals surface area (Å²) in [5.41, 5.74) is 16.1. The molecule has 0 aromatic heterocycles. The van der Waals surface area contributed by atoms with Gasteiger partial charge in [0.05, 0.1) is 0 Å². The summed E-state index contributed by atoms with van der Waals surface area (Å²) in [6.45, 7) is 0. The van der Waals surface area contributed by atoms with Crippen molar-refractivity contribution in [1.29, 1.82) is 0 Å². The molecule has 0 spiro atoms. The number of hydrogen-bond acceptors (Lipinski definition) is 0. The molecule has 282 valence electrons. The first-order chi connectivity index (χ1) is 26.8. The number of rotatable bonds is 6. The van der Waals surface area contributed by atoms with Gasteiger partial charge in [-0.05, 0) is 0 Å². The zero-order valence-corrected chi connectivity index (χ0v) is 35.5. The Morgan fingerprint density at radius 2 is 0.768 bits per heavy atom. The van der Waals surface area contributed by atoms with Crippen LogP contribution < -0.4 is 24.8 Å². The molecule has 0 radical (unpaired) electrons. The van der Waals surface area contributed by atoms with Crippen LogP contribution in [0.4, 0.5) is 0 Å². The largest absolute Gasteiger partial charge is 1.00 e. The maximum absolute atomic E-state index is 2.81. The van der Waals surface area contributed by atoms with E-state index in [4.69, 9.17) is 0 Å². The Bertz CT molecular complexity index is 2290. The summed E-state index contributed by atoms with van der Waals surface area (Å²) in [5.74, 6) is 1.48. The first-order valence-corrected chi connectivity index (χ1v) is 25.4. The predicted octanol–water partition coefficient (Wildman–Crippen LogP) is 9.47. The van der Waals surface area contributed by atoms with Crippen LogP contribution in [-0.2, 0) is 16.6 Å². The third-order valence-corrected chi connectivity index (χ3v) is 24.6. The Labute approximate surface area is 350 Å². The second kappa shape index (κ2) is 15.8. The van der Waals surface area contributed by atoms with Gasteiger partial charge in [-0.3, -0.25) is 0 Å². The molecule has 0 amide bonds. The Morgan fingerprint density at radius 3 is 1.20 bits per heavy atom. The van der Waals surface area contributed by atoms with Crippen LogP contribution in [0.5, 0.6) is 0 Å². The topological polar surface area (TPSA) is 0 Å². The number of halogens is 2. The molecule has 5 aliphatic rings. The molecule has 3 heteroatoms. The van der Waals surface area contributed by atoms with E-state index in [1.54, 1.807) is 22.3 Å². The average Bonchev–Trinajstić information content (AvgIpc) is 3.81. The molecule has 0 N–H and O–H groups in total. The second-order valence-corrected chi connectivity index (χ2v) is 24.8. The van der Waals surface area contributed by atoms with Crippen LogP contribution in [0.1, 0.15) is 101 Å².